The van der Waals surface area contributed by atoms with Gasteiger partial charge in [-0.05, 0) is 29.0 Å². The van der Waals surface area contributed by atoms with Crippen LogP contribution in [-0.4, -0.2) is 26.5 Å². The number of aromatic nitrogens is 1. The molecule has 146 valence electrons. The van der Waals surface area contributed by atoms with Gasteiger partial charge in [-0.1, -0.05) is 41.5 Å². The highest BCUT2D eigenvalue weighted by atomic mass is 16.4. The topological polar surface area (TPSA) is 79.5 Å². The fourth-order valence-corrected chi connectivity index (χ4v) is 3.01. The zero-order chi connectivity index (χ0) is 20.6. The number of rotatable bonds is 5. The van der Waals surface area contributed by atoms with E-state index in [9.17, 15) is 14.7 Å². The Morgan fingerprint density at radius 1 is 0.963 bits per heavy atom. The predicted octanol–water partition coefficient (Wildman–Crippen LogP) is 4.49. The van der Waals surface area contributed by atoms with E-state index in [-0.39, 0.29) is 28.8 Å². The third-order valence-corrected chi connectivity index (χ3v) is 4.58. The summed E-state index contributed by atoms with van der Waals surface area (Å²) in [6.45, 7) is 12.3. The van der Waals surface area contributed by atoms with E-state index in [1.54, 1.807) is 35.2 Å². The van der Waals surface area contributed by atoms with Gasteiger partial charge in [-0.15, -0.1) is 0 Å². The van der Waals surface area contributed by atoms with Crippen molar-refractivity contribution in [1.82, 2.24) is 4.57 Å². The summed E-state index contributed by atoms with van der Waals surface area (Å²) < 4.78 is 1.71. The lowest BCUT2D eigenvalue weighted by atomic mass is 9.78. The van der Waals surface area contributed by atoms with Crippen molar-refractivity contribution in [2.45, 2.75) is 65.3 Å². The molecule has 2 rings (SSSR count). The largest absolute Gasteiger partial charge is 0.507 e. The van der Waals surface area contributed by atoms with Gasteiger partial charge in [0.25, 0.3) is 0 Å². The third-order valence-electron chi connectivity index (χ3n) is 4.58. The van der Waals surface area contributed by atoms with Crippen molar-refractivity contribution in [2.75, 3.05) is 0 Å². The maximum Gasteiger partial charge on any atom is 0.305 e. The molecule has 0 radical (unpaired) electrons. The lowest BCUT2D eigenvalue weighted by molar-refractivity contribution is -0.137. The van der Waals surface area contributed by atoms with Crippen molar-refractivity contribution in [3.8, 4) is 5.75 Å². The quantitative estimate of drug-likeness (QED) is 0.759. The number of aryl methyl sites for hydroxylation is 1. The SMILES string of the molecule is CC(C)(C)c1cc(C(=O)c2ccn(CCC(=O)O)c2)cc(C(C)(C)C)c1O. The predicted molar refractivity (Wildman–Crippen MR) is 106 cm³/mol. The molecule has 0 aliphatic heterocycles. The van der Waals surface area contributed by atoms with Gasteiger partial charge in [-0.25, -0.2) is 0 Å². The minimum Gasteiger partial charge on any atom is -0.507 e. The standard InChI is InChI=1S/C22H29NO4/c1-21(2,3)16-11-15(12-17(20(16)27)22(4,5)6)19(26)14-7-9-23(13-14)10-8-18(24)25/h7,9,11-13,27H,8,10H2,1-6H3,(H,24,25). The number of aliphatic carboxylic acids is 1. The van der Waals surface area contributed by atoms with Crippen molar-refractivity contribution < 1.29 is 19.8 Å². The molecule has 2 N–H and O–H groups in total. The Labute approximate surface area is 160 Å². The van der Waals surface area contributed by atoms with Gasteiger partial charge in [0.15, 0.2) is 5.78 Å². The number of carbonyl (C=O) groups is 2. The van der Waals surface area contributed by atoms with Crippen LogP contribution in [0.15, 0.2) is 30.6 Å². The molecule has 0 aliphatic rings. The van der Waals surface area contributed by atoms with Gasteiger partial charge < -0.3 is 14.8 Å². The molecular formula is C22H29NO4. The number of carboxylic acids is 1. The molecule has 5 heteroatoms. The molecule has 0 saturated heterocycles. The highest BCUT2D eigenvalue weighted by Crippen LogP contribution is 2.40. The smallest absolute Gasteiger partial charge is 0.305 e. The normalized spacial score (nSPS) is 12.2. The van der Waals surface area contributed by atoms with Crippen molar-refractivity contribution >= 4 is 11.8 Å². The van der Waals surface area contributed by atoms with Crippen LogP contribution in [0.4, 0.5) is 0 Å². The van der Waals surface area contributed by atoms with Crippen LogP contribution in [0.1, 0.15) is 75.0 Å². The van der Waals surface area contributed by atoms with Gasteiger partial charge in [-0.3, -0.25) is 9.59 Å². The van der Waals surface area contributed by atoms with E-state index in [0.717, 1.165) is 11.1 Å². The maximum atomic E-state index is 13.1. The number of phenols is 1. The molecule has 0 spiro atoms. The summed E-state index contributed by atoms with van der Waals surface area (Å²) in [7, 11) is 0. The number of nitrogens with zero attached hydrogens (tertiary/aromatic N) is 1. The lowest BCUT2D eigenvalue weighted by Gasteiger charge is -2.28. The van der Waals surface area contributed by atoms with Gasteiger partial charge in [0.1, 0.15) is 5.75 Å². The molecule has 0 atom stereocenters. The summed E-state index contributed by atoms with van der Waals surface area (Å²) in [4.78, 5) is 23.8. The second-order valence-corrected chi connectivity index (χ2v) is 9.03. The Morgan fingerprint density at radius 2 is 1.48 bits per heavy atom. The molecule has 1 heterocycles. The summed E-state index contributed by atoms with van der Waals surface area (Å²) in [6, 6.07) is 5.23. The Kier molecular flexibility index (Phi) is 5.55. The number of hydrogen-bond donors (Lipinski definition) is 2. The first-order valence-electron chi connectivity index (χ1n) is 9.11. The maximum absolute atomic E-state index is 13.1. The average molecular weight is 371 g/mol. The highest BCUT2D eigenvalue weighted by Gasteiger charge is 2.28. The second-order valence-electron chi connectivity index (χ2n) is 9.03. The first-order valence-corrected chi connectivity index (χ1v) is 9.11. The molecule has 1 aromatic carbocycles. The van der Waals surface area contributed by atoms with Gasteiger partial charge in [0, 0.05) is 41.2 Å². The molecule has 0 saturated carbocycles. The Balaban J connectivity index is 2.48. The first-order chi connectivity index (χ1) is 12.3. The minimum absolute atomic E-state index is 0.00383. The Bertz CT molecular complexity index is 828. The first kappa shape index (κ1) is 20.7. The van der Waals surface area contributed by atoms with Crippen LogP contribution >= 0.6 is 0 Å². The van der Waals surface area contributed by atoms with Gasteiger partial charge in [-0.2, -0.15) is 0 Å². The summed E-state index contributed by atoms with van der Waals surface area (Å²) in [5, 5.41) is 19.6. The van der Waals surface area contributed by atoms with E-state index >= 15 is 0 Å². The summed E-state index contributed by atoms with van der Waals surface area (Å²) in [6.07, 6.45) is 3.39. The third kappa shape index (κ3) is 4.79. The van der Waals surface area contributed by atoms with Crippen LogP contribution in [-0.2, 0) is 22.2 Å². The summed E-state index contributed by atoms with van der Waals surface area (Å²) in [5.41, 5.74) is 1.89. The molecule has 1 aromatic heterocycles. The van der Waals surface area contributed by atoms with Gasteiger partial charge in [0.05, 0.1) is 6.42 Å². The number of carboxylic acid groups (broad SMARTS) is 1. The molecule has 0 amide bonds. The molecular weight excluding hydrogens is 342 g/mol. The molecule has 0 fully saturated rings. The number of hydrogen-bond acceptors (Lipinski definition) is 3. The number of carbonyl (C=O) groups excluding carboxylic acids is 1. The fraction of sp³-hybridized carbons (Fsp3) is 0.455. The molecule has 27 heavy (non-hydrogen) atoms. The van der Waals surface area contributed by atoms with E-state index in [1.807, 2.05) is 41.5 Å². The van der Waals surface area contributed by atoms with E-state index in [0.29, 0.717) is 17.7 Å². The van der Waals surface area contributed by atoms with Crippen LogP contribution in [0.3, 0.4) is 0 Å². The number of aromatic hydroxyl groups is 1. The molecule has 5 nitrogen and oxygen atoms in total. The Hall–Kier alpha value is -2.56. The van der Waals surface area contributed by atoms with Gasteiger partial charge >= 0.3 is 5.97 Å². The number of ketones is 1. The van der Waals surface area contributed by atoms with E-state index in [2.05, 4.69) is 0 Å². The second kappa shape index (κ2) is 7.22. The Morgan fingerprint density at radius 3 is 1.93 bits per heavy atom. The zero-order valence-electron chi connectivity index (χ0n) is 17.0. The summed E-state index contributed by atoms with van der Waals surface area (Å²) >= 11 is 0. The number of benzene rings is 1. The van der Waals surface area contributed by atoms with Crippen LogP contribution < -0.4 is 0 Å². The zero-order valence-corrected chi connectivity index (χ0v) is 17.0. The monoisotopic (exact) mass is 371 g/mol. The van der Waals surface area contributed by atoms with Crippen molar-refractivity contribution in [3.05, 3.63) is 52.8 Å². The highest BCUT2D eigenvalue weighted by molar-refractivity contribution is 6.09. The molecule has 0 unspecified atom stereocenters. The number of phenolic OH excluding ortho intramolecular Hbond substituents is 1. The van der Waals surface area contributed by atoms with Crippen molar-refractivity contribution in [2.24, 2.45) is 0 Å². The van der Waals surface area contributed by atoms with E-state index in [4.69, 9.17) is 5.11 Å². The van der Waals surface area contributed by atoms with Crippen molar-refractivity contribution in [1.29, 1.82) is 0 Å². The van der Waals surface area contributed by atoms with Crippen LogP contribution in [0.5, 0.6) is 5.75 Å². The van der Waals surface area contributed by atoms with Crippen LogP contribution in [0, 0.1) is 0 Å². The summed E-state index contributed by atoms with van der Waals surface area (Å²) in [5.74, 6) is -0.773. The molecule has 0 aliphatic carbocycles. The average Bonchev–Trinajstić information content (AvgIpc) is 2.99. The lowest BCUT2D eigenvalue weighted by Crippen LogP contribution is -2.19. The van der Waals surface area contributed by atoms with Crippen LogP contribution in [0.25, 0.3) is 0 Å². The molecule has 2 aromatic rings. The minimum atomic E-state index is -0.875. The van der Waals surface area contributed by atoms with E-state index in [1.165, 1.54) is 0 Å². The van der Waals surface area contributed by atoms with Crippen molar-refractivity contribution in [3.63, 3.8) is 0 Å². The van der Waals surface area contributed by atoms with Crippen LogP contribution in [0.2, 0.25) is 0 Å². The van der Waals surface area contributed by atoms with Gasteiger partial charge in [0.2, 0.25) is 0 Å². The fourth-order valence-electron chi connectivity index (χ4n) is 3.01. The van der Waals surface area contributed by atoms with E-state index < -0.39 is 5.97 Å². The molecule has 0 bridgehead atoms.